The van der Waals surface area contributed by atoms with Gasteiger partial charge in [0.25, 0.3) is 0 Å². The van der Waals surface area contributed by atoms with E-state index in [0.29, 0.717) is 28.1 Å². The molecule has 0 spiro atoms. The van der Waals surface area contributed by atoms with Gasteiger partial charge in [-0.05, 0) is 55.3 Å². The number of halogens is 2. The first-order chi connectivity index (χ1) is 16.6. The van der Waals surface area contributed by atoms with Gasteiger partial charge in [-0.15, -0.1) is 10.2 Å². The maximum absolute atomic E-state index is 14.5. The van der Waals surface area contributed by atoms with Crippen LogP contribution >= 0.6 is 11.6 Å². The Morgan fingerprint density at radius 2 is 1.91 bits per heavy atom. The number of fused-ring (bicyclic) bond motifs is 1. The average Bonchev–Trinajstić information content (AvgIpc) is 3.41. The first-order valence-corrected chi connectivity index (χ1v) is 11.5. The van der Waals surface area contributed by atoms with Gasteiger partial charge in [0.2, 0.25) is 17.6 Å². The molecule has 1 aliphatic rings. The molecule has 2 aromatic heterocycles. The lowest BCUT2D eigenvalue weighted by molar-refractivity contribution is -0.116. The summed E-state index contributed by atoms with van der Waals surface area (Å²) in [5, 5.41) is 15.8. The van der Waals surface area contributed by atoms with Crippen molar-refractivity contribution in [3.05, 3.63) is 65.0 Å². The number of rotatable bonds is 6. The van der Waals surface area contributed by atoms with Gasteiger partial charge >= 0.3 is 0 Å². The summed E-state index contributed by atoms with van der Waals surface area (Å²) in [5.74, 6) is 1.49. The molecule has 0 fully saturated rings. The highest BCUT2D eigenvalue weighted by atomic mass is 35.5. The quantitative estimate of drug-likeness (QED) is 0.413. The van der Waals surface area contributed by atoms with Crippen molar-refractivity contribution >= 4 is 23.2 Å². The zero-order valence-corrected chi connectivity index (χ0v) is 19.1. The Balaban J connectivity index is 1.25. The molecule has 3 heterocycles. The van der Waals surface area contributed by atoms with E-state index in [1.807, 2.05) is 0 Å². The van der Waals surface area contributed by atoms with Gasteiger partial charge in [-0.3, -0.25) is 4.79 Å². The first-order valence-electron chi connectivity index (χ1n) is 11.2. The Morgan fingerprint density at radius 1 is 1.09 bits per heavy atom. The molecule has 2 aromatic carbocycles. The largest absolute Gasteiger partial charge is 0.339 e. The van der Waals surface area contributed by atoms with Crippen LogP contribution in [0.4, 0.5) is 10.1 Å². The van der Waals surface area contributed by atoms with E-state index in [-0.39, 0.29) is 24.4 Å². The van der Waals surface area contributed by atoms with Crippen LogP contribution in [0.25, 0.3) is 22.8 Å². The van der Waals surface area contributed by atoms with Crippen molar-refractivity contribution in [1.82, 2.24) is 24.9 Å². The normalized spacial score (nSPS) is 13.4. The molecule has 1 amide bonds. The van der Waals surface area contributed by atoms with Gasteiger partial charge in [0.05, 0.1) is 5.69 Å². The Bertz CT molecular complexity index is 1320. The lowest BCUT2D eigenvalue weighted by atomic mass is 10.1. The maximum atomic E-state index is 14.5. The Labute approximate surface area is 200 Å². The average molecular weight is 481 g/mol. The van der Waals surface area contributed by atoms with Crippen molar-refractivity contribution in [2.24, 2.45) is 0 Å². The molecule has 4 aromatic rings. The predicted molar refractivity (Wildman–Crippen MR) is 125 cm³/mol. The number of aromatic nitrogens is 5. The minimum Gasteiger partial charge on any atom is -0.339 e. The van der Waals surface area contributed by atoms with Crippen LogP contribution in [-0.4, -0.2) is 30.8 Å². The number of hydrogen-bond acceptors (Lipinski definition) is 6. The van der Waals surface area contributed by atoms with Crippen LogP contribution in [0.1, 0.15) is 37.4 Å². The predicted octanol–water partition coefficient (Wildman–Crippen LogP) is 5.09. The van der Waals surface area contributed by atoms with Gasteiger partial charge < -0.3 is 14.4 Å². The van der Waals surface area contributed by atoms with Crippen molar-refractivity contribution in [1.29, 1.82) is 0 Å². The van der Waals surface area contributed by atoms with Gasteiger partial charge in [-0.1, -0.05) is 23.2 Å². The Morgan fingerprint density at radius 3 is 2.76 bits per heavy atom. The molecular weight excluding hydrogens is 459 g/mol. The molecule has 0 saturated carbocycles. The van der Waals surface area contributed by atoms with E-state index in [1.165, 1.54) is 6.07 Å². The van der Waals surface area contributed by atoms with Gasteiger partial charge in [0.1, 0.15) is 11.6 Å². The van der Waals surface area contributed by atoms with Crippen molar-refractivity contribution in [2.45, 2.75) is 45.1 Å². The number of aryl methyl sites for hydroxylation is 2. The number of nitrogens with one attached hydrogen (secondary N) is 1. The molecular formula is C24H22ClFN6O2. The first kappa shape index (κ1) is 22.2. The van der Waals surface area contributed by atoms with E-state index in [2.05, 4.69) is 30.2 Å². The van der Waals surface area contributed by atoms with Crippen molar-refractivity contribution in [2.75, 3.05) is 5.32 Å². The number of carbonyl (C=O) groups excluding carboxylic acids is 1. The zero-order valence-electron chi connectivity index (χ0n) is 18.3. The number of hydrogen-bond donors (Lipinski definition) is 1. The fourth-order valence-corrected chi connectivity index (χ4v) is 4.09. The lowest BCUT2D eigenvalue weighted by Crippen LogP contribution is -2.14. The number of nitrogens with zero attached hydrogens (tertiary/aromatic N) is 5. The van der Waals surface area contributed by atoms with Crippen LogP contribution < -0.4 is 5.32 Å². The molecule has 1 N–H and O–H groups in total. The van der Waals surface area contributed by atoms with Crippen LogP contribution in [0.15, 0.2) is 47.0 Å². The van der Waals surface area contributed by atoms with Crippen LogP contribution in [0.2, 0.25) is 5.02 Å². The van der Waals surface area contributed by atoms with Crippen LogP contribution in [0.5, 0.6) is 0 Å². The van der Waals surface area contributed by atoms with Gasteiger partial charge in [0.15, 0.2) is 5.82 Å². The molecule has 0 aliphatic carbocycles. The van der Waals surface area contributed by atoms with E-state index in [1.54, 1.807) is 36.4 Å². The molecule has 10 heteroatoms. The Hall–Kier alpha value is -3.59. The summed E-state index contributed by atoms with van der Waals surface area (Å²) in [7, 11) is 0. The highest BCUT2D eigenvalue weighted by Gasteiger charge is 2.18. The molecule has 0 saturated heterocycles. The fraction of sp³-hybridized carbons (Fsp3) is 0.292. The van der Waals surface area contributed by atoms with Gasteiger partial charge in [0, 0.05) is 42.0 Å². The van der Waals surface area contributed by atoms with Gasteiger partial charge in [-0.2, -0.15) is 4.98 Å². The molecule has 0 unspecified atom stereocenters. The maximum Gasteiger partial charge on any atom is 0.227 e. The molecule has 0 atom stereocenters. The standard InChI is InChI=1S/C24H22ClFN6O2/c25-17-8-5-15(6-9-17)23-28-22(34-31-23)12-11-21(33)27-19-14-16(7-10-18(19)26)24-30-29-20-4-2-1-3-13-32(20)24/h5-10,14H,1-4,11-13H2,(H,27,33). The zero-order chi connectivity index (χ0) is 23.5. The topological polar surface area (TPSA) is 98.7 Å². The second kappa shape index (κ2) is 9.72. The van der Waals surface area contributed by atoms with E-state index in [4.69, 9.17) is 16.1 Å². The minimum absolute atomic E-state index is 0.0618. The monoisotopic (exact) mass is 480 g/mol. The van der Waals surface area contributed by atoms with Crippen LogP contribution in [0.3, 0.4) is 0 Å². The number of benzene rings is 2. The molecule has 174 valence electrons. The van der Waals surface area contributed by atoms with E-state index in [0.717, 1.165) is 43.6 Å². The highest BCUT2D eigenvalue weighted by molar-refractivity contribution is 6.30. The summed E-state index contributed by atoms with van der Waals surface area (Å²) in [5.41, 5.74) is 1.57. The fourth-order valence-electron chi connectivity index (χ4n) is 3.96. The molecule has 8 nitrogen and oxygen atoms in total. The smallest absolute Gasteiger partial charge is 0.227 e. The summed E-state index contributed by atoms with van der Waals surface area (Å²) >= 11 is 5.90. The molecule has 34 heavy (non-hydrogen) atoms. The summed E-state index contributed by atoms with van der Waals surface area (Å²) in [6.45, 7) is 0.832. The van der Waals surface area contributed by atoms with Crippen molar-refractivity contribution in [3.63, 3.8) is 0 Å². The summed E-state index contributed by atoms with van der Waals surface area (Å²) in [6, 6.07) is 11.6. The Kier molecular flexibility index (Phi) is 6.35. The second-order valence-corrected chi connectivity index (χ2v) is 8.60. The summed E-state index contributed by atoms with van der Waals surface area (Å²) in [4.78, 5) is 16.8. The third kappa shape index (κ3) is 4.84. The number of amides is 1. The van der Waals surface area contributed by atoms with Crippen molar-refractivity contribution in [3.8, 4) is 22.8 Å². The molecule has 1 aliphatic heterocycles. The molecule has 0 bridgehead atoms. The number of carbonyl (C=O) groups is 1. The second-order valence-electron chi connectivity index (χ2n) is 8.16. The van der Waals surface area contributed by atoms with E-state index < -0.39 is 5.82 Å². The van der Waals surface area contributed by atoms with Crippen LogP contribution in [0, 0.1) is 5.82 Å². The summed E-state index contributed by atoms with van der Waals surface area (Å²) < 4.78 is 21.8. The molecule has 0 radical (unpaired) electrons. The van der Waals surface area contributed by atoms with Crippen molar-refractivity contribution < 1.29 is 13.7 Å². The van der Waals surface area contributed by atoms with Crippen LogP contribution in [-0.2, 0) is 24.2 Å². The summed E-state index contributed by atoms with van der Waals surface area (Å²) in [6.07, 6.45) is 4.46. The highest BCUT2D eigenvalue weighted by Crippen LogP contribution is 2.27. The SMILES string of the molecule is O=C(CCc1nc(-c2ccc(Cl)cc2)no1)Nc1cc(-c2nnc3n2CCCCC3)ccc1F. The third-order valence-corrected chi connectivity index (χ3v) is 6.00. The van der Waals surface area contributed by atoms with Gasteiger partial charge in [-0.25, -0.2) is 4.39 Å². The minimum atomic E-state index is -0.518. The molecule has 5 rings (SSSR count). The lowest BCUT2D eigenvalue weighted by Gasteiger charge is -2.10. The van der Waals surface area contributed by atoms with E-state index >= 15 is 0 Å². The number of anilines is 1. The third-order valence-electron chi connectivity index (χ3n) is 5.74. The van der Waals surface area contributed by atoms with E-state index in [9.17, 15) is 9.18 Å².